The van der Waals surface area contributed by atoms with Crippen LogP contribution in [-0.2, 0) is 104 Å². The summed E-state index contributed by atoms with van der Waals surface area (Å²) in [5.74, 6) is -10.2. The van der Waals surface area contributed by atoms with Crippen molar-refractivity contribution >= 4 is 223 Å². The molecule has 15 N–H and O–H groups in total. The molecule has 7 aromatic heterocycles. The maximum absolute atomic E-state index is 13.2. The van der Waals surface area contributed by atoms with Crippen molar-refractivity contribution in [3.05, 3.63) is 254 Å². The molecule has 0 spiro atoms. The number of nitrogens with zero attached hydrogens (tertiary/aromatic N) is 3. The van der Waals surface area contributed by atoms with E-state index in [0.29, 0.717) is 99.1 Å². The molecule has 14 aromatic rings. The van der Waals surface area contributed by atoms with Gasteiger partial charge in [0.25, 0.3) is 17.1 Å². The van der Waals surface area contributed by atoms with Crippen molar-refractivity contribution in [1.82, 2.24) is 34.9 Å². The zero-order valence-corrected chi connectivity index (χ0v) is 80.7. The number of carboxylic acids is 8. The molecular formula is C95H92Cl5F3N10O30. The molecule has 0 radical (unpaired) electrons. The van der Waals surface area contributed by atoms with E-state index in [-0.39, 0.29) is 176 Å². The number of carbonyl (C=O) groups is 12. The average Bonchev–Trinajstić information content (AvgIpc) is 1.55. The van der Waals surface area contributed by atoms with E-state index in [1.807, 2.05) is 19.9 Å². The smallest absolute Gasteiger partial charge is 0.417 e. The van der Waals surface area contributed by atoms with Crippen molar-refractivity contribution in [2.75, 3.05) is 26.4 Å². The number of nitrogens with one attached hydrogen (secondary N) is 7. The number of aryl methyl sites for hydroxylation is 11. The van der Waals surface area contributed by atoms with Gasteiger partial charge >= 0.3 is 77.8 Å². The lowest BCUT2D eigenvalue weighted by Crippen LogP contribution is -2.09. The number of fused-ring (bicyclic) bond motifs is 7. The predicted octanol–water partition coefficient (Wildman–Crippen LogP) is 20.9. The molecular weight excluding hydrogens is 2000 g/mol. The van der Waals surface area contributed by atoms with Crippen LogP contribution in [0.1, 0.15) is 192 Å². The molecule has 0 fully saturated rings. The second kappa shape index (κ2) is 50.5. The van der Waals surface area contributed by atoms with E-state index in [0.717, 1.165) is 56.1 Å². The number of aromatic carboxylic acids is 2. The minimum atomic E-state index is -4.46. The Labute approximate surface area is 830 Å². The lowest BCUT2D eigenvalue weighted by molar-refractivity contribution is -0.384. The first kappa shape index (κ1) is 113. The lowest BCUT2D eigenvalue weighted by atomic mass is 9.99. The van der Waals surface area contributed by atoms with Gasteiger partial charge in [0.15, 0.2) is 0 Å². The highest BCUT2D eigenvalue weighted by atomic mass is 35.5. The standard InChI is InChI=1S/C15H16ClNO4.C14H12Cl2N2O6.C14H14ClNO4.C14H14F3NO2.C14H14N2O6.C12H10ClNO4.C12H12N2O4/c1-3-21-15(20)14-9(4-5-12(18)19)10-6-8(2)7-11(16)13(10)17-14;1-2-24-14(21)12-6(3-4-9(19)20)10-11(16)8(18(22)23)5-7(15)13(10)17-12;1-2-20-14(19)13-9(4-6-12(17)18)10-7-8(15)3-5-11(10)16-13;1-7-5-10(14(15,16)17)13-9(3-4-12(19)20)8(2)18-11(13)6-7;1-2-22-12(17)6-4-9-10-7-8(16(20)21)3-5-11(10)15-13(9)14(18)19;13-6-1-3-9-8(5-6)7(2-4-10(15)16)11(14-9)12(17)18;1-7-9(3-5-12(15)16)10-6-8(14(17)18)2-4-11(10)13-7/h6-7,17H,3-5H2,1-2H3,(H,18,19);5,17H,2-4H2,1H3,(H,19,20);3,5,7,16H,2,4,6H2,1H3,(H,17,18);5-6,18H,3-4H2,1-2H3,(H,19,20);3,5,7,15H,2,4,6H2,1H3,(H,18,19);1,3,5,14H,2,4H2,(H,15,16)(H,17,18);2,4,6,13H,3,5H2,1H3,(H,15,16). The summed E-state index contributed by atoms with van der Waals surface area (Å²) in [5.41, 5.74) is 9.59. The highest BCUT2D eigenvalue weighted by Crippen LogP contribution is 2.43. The Morgan fingerprint density at radius 1 is 0.343 bits per heavy atom. The average molecular weight is 2090 g/mol. The summed E-state index contributed by atoms with van der Waals surface area (Å²) >= 11 is 30.2. The van der Waals surface area contributed by atoms with Crippen LogP contribution in [0.15, 0.2) is 103 Å². The van der Waals surface area contributed by atoms with Gasteiger partial charge in [-0.2, -0.15) is 13.2 Å². The molecule has 0 atom stereocenters. The lowest BCUT2D eigenvalue weighted by Gasteiger charge is -2.11. The number of aliphatic carboxylic acids is 6. The zero-order valence-electron chi connectivity index (χ0n) is 77.0. The number of rotatable bonds is 33. The van der Waals surface area contributed by atoms with E-state index in [1.54, 1.807) is 96.1 Å². The number of aromatic nitrogens is 7. The fourth-order valence-electron chi connectivity index (χ4n) is 15.4. The summed E-state index contributed by atoms with van der Waals surface area (Å²) in [6.07, 6.45) is -4.06. The Hall–Kier alpha value is -15.6. The number of carbonyl (C=O) groups excluding carboxylic acids is 4. The van der Waals surface area contributed by atoms with Gasteiger partial charge in [0, 0.05) is 162 Å². The number of carboxylic acid groups (broad SMARTS) is 8. The Bertz CT molecular complexity index is 7290. The van der Waals surface area contributed by atoms with Crippen molar-refractivity contribution in [3.63, 3.8) is 0 Å². The largest absolute Gasteiger partial charge is 0.481 e. The summed E-state index contributed by atoms with van der Waals surface area (Å²) in [7, 11) is 0. The number of hydrogen-bond acceptors (Lipinski definition) is 22. The highest BCUT2D eigenvalue weighted by molar-refractivity contribution is 6.42. The molecule has 0 aliphatic heterocycles. The predicted molar refractivity (Wildman–Crippen MR) is 520 cm³/mol. The second-order valence-corrected chi connectivity index (χ2v) is 33.3. The Morgan fingerprint density at radius 3 is 1.10 bits per heavy atom. The molecule has 143 heavy (non-hydrogen) atoms. The van der Waals surface area contributed by atoms with Crippen LogP contribution in [-0.4, -0.2) is 189 Å². The third kappa shape index (κ3) is 29.5. The summed E-state index contributed by atoms with van der Waals surface area (Å²) < 4.78 is 59.2. The van der Waals surface area contributed by atoms with Crippen molar-refractivity contribution in [2.45, 2.75) is 151 Å². The maximum Gasteiger partial charge on any atom is 0.417 e. The molecule has 758 valence electrons. The zero-order chi connectivity index (χ0) is 106. The van der Waals surface area contributed by atoms with E-state index in [4.69, 9.17) is 113 Å². The van der Waals surface area contributed by atoms with Gasteiger partial charge in [-0.3, -0.25) is 63.9 Å². The molecule has 7 aromatic carbocycles. The summed E-state index contributed by atoms with van der Waals surface area (Å²) in [6.45, 7) is 14.6. The number of aromatic amines is 7. The fourth-order valence-corrected chi connectivity index (χ4v) is 16.6. The molecule has 0 aliphatic carbocycles. The van der Waals surface area contributed by atoms with Crippen LogP contribution in [0, 0.1) is 58.0 Å². The van der Waals surface area contributed by atoms with Gasteiger partial charge in [-0.15, -0.1) is 0 Å². The minimum Gasteiger partial charge on any atom is -0.481 e. The van der Waals surface area contributed by atoms with Gasteiger partial charge in [0.05, 0.1) is 67.8 Å². The summed E-state index contributed by atoms with van der Waals surface area (Å²) in [6, 6.07) is 26.2. The fraction of sp³-hybridized carbons (Fsp3) is 0.284. The monoisotopic (exact) mass is 2080 g/mol. The van der Waals surface area contributed by atoms with Crippen LogP contribution in [0.25, 0.3) is 76.3 Å². The Morgan fingerprint density at radius 2 is 0.678 bits per heavy atom. The minimum absolute atomic E-state index is 0.00374. The van der Waals surface area contributed by atoms with Gasteiger partial charge in [0.1, 0.15) is 33.5 Å². The van der Waals surface area contributed by atoms with Crippen LogP contribution >= 0.6 is 58.0 Å². The number of esters is 4. The SMILES string of the molecule is CCOC(=O)CCc1c(C(=O)O)[nH]c2ccc([N+](=O)[O-])cc12.CCOC(=O)c1[nH]c2c(Cl)cc(C)cc2c1CCC(=O)O.CCOC(=O)c1[nH]c2c(Cl)cc([N+](=O)[O-])c(Cl)c2c1CCC(=O)O.CCOC(=O)c1[nH]c2ccc(Cl)cc2c1CCC(=O)O.Cc1[nH]c2ccc([N+](=O)[O-])cc2c1CCC(=O)O.Cc1cc(C(F)(F)F)c2c(CCC(=O)O)c(C)[nH]c2c1.O=C(O)CCc1c(C(=O)O)[nH]c2ccc(Cl)cc12. The third-order valence-electron chi connectivity index (χ3n) is 21.5. The molecule has 0 aliphatic rings. The van der Waals surface area contributed by atoms with Gasteiger partial charge in [0.2, 0.25) is 0 Å². The molecule has 14 rings (SSSR count). The Balaban J connectivity index is 0.000000204. The maximum atomic E-state index is 13.2. The van der Waals surface area contributed by atoms with Crippen LogP contribution in [0.3, 0.4) is 0 Å². The first-order chi connectivity index (χ1) is 67.3. The van der Waals surface area contributed by atoms with E-state index in [9.17, 15) is 106 Å². The van der Waals surface area contributed by atoms with E-state index in [1.165, 1.54) is 30.3 Å². The van der Waals surface area contributed by atoms with Gasteiger partial charge < -0.3 is 94.7 Å². The third-order valence-corrected chi connectivity index (χ3v) is 22.9. The number of halogens is 8. The van der Waals surface area contributed by atoms with E-state index < -0.39 is 104 Å². The molecule has 48 heteroatoms. The number of H-pyrrole nitrogens is 7. The number of nitro benzene ring substituents is 3. The molecule has 0 saturated heterocycles. The Kier molecular flexibility index (Phi) is 39.8. The van der Waals surface area contributed by atoms with Gasteiger partial charge in [-0.05, 0) is 223 Å². The molecule has 0 unspecified atom stereocenters. The van der Waals surface area contributed by atoms with Crippen molar-refractivity contribution in [2.24, 2.45) is 0 Å². The van der Waals surface area contributed by atoms with Crippen LogP contribution in [0.2, 0.25) is 25.1 Å². The van der Waals surface area contributed by atoms with Crippen LogP contribution in [0.5, 0.6) is 0 Å². The number of non-ortho nitro benzene ring substituents is 2. The number of nitro groups is 3. The summed E-state index contributed by atoms with van der Waals surface area (Å²) in [4.78, 5) is 185. The first-order valence-corrected chi connectivity index (χ1v) is 45.0. The molecule has 7 heterocycles. The first-order valence-electron chi connectivity index (χ1n) is 43.1. The summed E-state index contributed by atoms with van der Waals surface area (Å²) in [5, 5.41) is 109. The topological polar surface area (TPSA) is 644 Å². The van der Waals surface area contributed by atoms with Crippen LogP contribution in [0.4, 0.5) is 30.2 Å². The van der Waals surface area contributed by atoms with Crippen molar-refractivity contribution in [1.29, 1.82) is 0 Å². The number of benzene rings is 7. The number of alkyl halides is 3. The quantitative estimate of drug-likeness (QED) is 0.00786. The number of hydrogen-bond donors (Lipinski definition) is 15. The van der Waals surface area contributed by atoms with E-state index in [2.05, 4.69) is 34.9 Å². The number of ether oxygens (including phenoxy) is 4. The molecule has 0 saturated carbocycles. The second-order valence-electron chi connectivity index (χ2n) is 31.2. The van der Waals surface area contributed by atoms with Crippen molar-refractivity contribution < 1.29 is 145 Å². The normalized spacial score (nSPS) is 10.9. The van der Waals surface area contributed by atoms with E-state index >= 15 is 0 Å². The molecule has 0 amide bonds. The molecule has 40 nitrogen and oxygen atoms in total. The van der Waals surface area contributed by atoms with Crippen LogP contribution < -0.4 is 0 Å². The van der Waals surface area contributed by atoms with Gasteiger partial charge in [-0.25, -0.2) is 24.0 Å². The molecule has 0 bridgehead atoms. The highest BCUT2D eigenvalue weighted by Gasteiger charge is 2.36. The van der Waals surface area contributed by atoms with Gasteiger partial charge in [-0.1, -0.05) is 58.0 Å². The van der Waals surface area contributed by atoms with Crippen molar-refractivity contribution in [3.8, 4) is 0 Å².